The second-order valence-electron chi connectivity index (χ2n) is 4.68. The molecule has 0 saturated heterocycles. The molecule has 0 aliphatic heterocycles. The minimum atomic E-state index is -0.810. The zero-order chi connectivity index (χ0) is 13.8. The van der Waals surface area contributed by atoms with Gasteiger partial charge in [0.15, 0.2) is 11.6 Å². The predicted octanol–water partition coefficient (Wildman–Crippen LogP) is 4.84. The molecule has 2 aromatic carbocycles. The molecule has 0 aromatic heterocycles. The monoisotopic (exact) mass is 280 g/mol. The topological polar surface area (TPSA) is 0 Å². The van der Waals surface area contributed by atoms with Gasteiger partial charge in [0, 0.05) is 11.8 Å². The fourth-order valence-corrected chi connectivity index (χ4v) is 2.44. The molecule has 0 saturated carbocycles. The van der Waals surface area contributed by atoms with E-state index in [-0.39, 0.29) is 5.92 Å². The van der Waals surface area contributed by atoms with Crippen LogP contribution in [0.5, 0.6) is 0 Å². The first-order valence-electron chi connectivity index (χ1n) is 6.17. The van der Waals surface area contributed by atoms with Crippen LogP contribution in [0.15, 0.2) is 42.5 Å². The summed E-state index contributed by atoms with van der Waals surface area (Å²) in [5.74, 6) is -1.22. The highest BCUT2D eigenvalue weighted by molar-refractivity contribution is 6.18. The van der Waals surface area contributed by atoms with Gasteiger partial charge in [0.25, 0.3) is 0 Å². The second-order valence-corrected chi connectivity index (χ2v) is 4.99. The molecule has 100 valence electrons. The molecule has 0 bridgehead atoms. The van der Waals surface area contributed by atoms with Crippen molar-refractivity contribution in [1.82, 2.24) is 0 Å². The maximum absolute atomic E-state index is 13.7. The molecule has 0 aliphatic carbocycles. The van der Waals surface area contributed by atoms with Gasteiger partial charge in [-0.05, 0) is 30.5 Å². The van der Waals surface area contributed by atoms with Crippen LogP contribution in [0, 0.1) is 18.6 Å². The van der Waals surface area contributed by atoms with E-state index >= 15 is 0 Å². The van der Waals surface area contributed by atoms with Crippen molar-refractivity contribution < 1.29 is 8.78 Å². The van der Waals surface area contributed by atoms with Crippen LogP contribution in [0.25, 0.3) is 0 Å². The van der Waals surface area contributed by atoms with E-state index in [2.05, 4.69) is 0 Å². The first-order chi connectivity index (χ1) is 9.11. The van der Waals surface area contributed by atoms with Crippen molar-refractivity contribution in [2.45, 2.75) is 19.3 Å². The van der Waals surface area contributed by atoms with Crippen LogP contribution >= 0.6 is 11.6 Å². The Morgan fingerprint density at radius 2 is 1.84 bits per heavy atom. The summed E-state index contributed by atoms with van der Waals surface area (Å²) < 4.78 is 26.9. The van der Waals surface area contributed by atoms with Crippen molar-refractivity contribution in [2.75, 3.05) is 5.88 Å². The smallest absolute Gasteiger partial charge is 0.162 e. The van der Waals surface area contributed by atoms with Gasteiger partial charge in [0.1, 0.15) is 0 Å². The summed E-state index contributed by atoms with van der Waals surface area (Å²) in [6.07, 6.45) is 0.399. The van der Waals surface area contributed by atoms with E-state index in [1.165, 1.54) is 6.07 Å². The largest absolute Gasteiger partial charge is 0.204 e. The molecule has 3 heteroatoms. The Balaban J connectivity index is 2.26. The van der Waals surface area contributed by atoms with Gasteiger partial charge in [0.2, 0.25) is 0 Å². The number of aryl methyl sites for hydroxylation is 1. The van der Waals surface area contributed by atoms with E-state index in [1.807, 2.05) is 31.2 Å². The van der Waals surface area contributed by atoms with Gasteiger partial charge in [-0.2, -0.15) is 0 Å². The zero-order valence-electron chi connectivity index (χ0n) is 10.7. The van der Waals surface area contributed by atoms with E-state index < -0.39 is 11.6 Å². The van der Waals surface area contributed by atoms with Crippen LogP contribution < -0.4 is 0 Å². The lowest BCUT2D eigenvalue weighted by Gasteiger charge is -2.15. The summed E-state index contributed by atoms with van der Waals surface area (Å²) >= 11 is 5.98. The third-order valence-electron chi connectivity index (χ3n) is 3.20. The van der Waals surface area contributed by atoms with E-state index in [0.717, 1.165) is 17.2 Å². The van der Waals surface area contributed by atoms with Gasteiger partial charge in [-0.25, -0.2) is 8.78 Å². The Morgan fingerprint density at radius 1 is 1.11 bits per heavy atom. The first kappa shape index (κ1) is 14.0. The maximum atomic E-state index is 13.7. The highest BCUT2D eigenvalue weighted by Gasteiger charge is 2.15. The second kappa shape index (κ2) is 6.16. The molecule has 0 radical (unpaired) electrons. The minimum Gasteiger partial charge on any atom is -0.204 e. The van der Waals surface area contributed by atoms with E-state index in [9.17, 15) is 8.78 Å². The van der Waals surface area contributed by atoms with Gasteiger partial charge < -0.3 is 0 Å². The molecule has 0 heterocycles. The van der Waals surface area contributed by atoms with E-state index in [0.29, 0.717) is 17.9 Å². The van der Waals surface area contributed by atoms with Gasteiger partial charge in [-0.1, -0.05) is 42.0 Å². The zero-order valence-corrected chi connectivity index (χ0v) is 11.4. The average molecular weight is 281 g/mol. The third kappa shape index (κ3) is 3.32. The number of hydrogen-bond donors (Lipinski definition) is 0. The summed E-state index contributed by atoms with van der Waals surface area (Å²) in [5.41, 5.74) is 2.55. The van der Waals surface area contributed by atoms with Crippen LogP contribution in [-0.4, -0.2) is 5.88 Å². The molecular weight excluding hydrogens is 266 g/mol. The van der Waals surface area contributed by atoms with Crippen LogP contribution in [0.1, 0.15) is 22.6 Å². The van der Waals surface area contributed by atoms with Crippen LogP contribution in [0.3, 0.4) is 0 Å². The number of alkyl halides is 1. The Morgan fingerprint density at radius 3 is 2.53 bits per heavy atom. The van der Waals surface area contributed by atoms with E-state index in [4.69, 9.17) is 11.6 Å². The summed E-state index contributed by atoms with van der Waals surface area (Å²) in [4.78, 5) is 0. The quantitative estimate of drug-likeness (QED) is 0.703. The fourth-order valence-electron chi connectivity index (χ4n) is 2.16. The van der Waals surface area contributed by atoms with Crippen LogP contribution in [-0.2, 0) is 6.42 Å². The first-order valence-corrected chi connectivity index (χ1v) is 6.70. The lowest BCUT2D eigenvalue weighted by molar-refractivity contribution is 0.495. The molecule has 1 atom stereocenters. The Bertz CT molecular complexity index is 566. The highest BCUT2D eigenvalue weighted by atomic mass is 35.5. The summed E-state index contributed by atoms with van der Waals surface area (Å²) in [6.45, 7) is 2.00. The van der Waals surface area contributed by atoms with E-state index in [1.54, 1.807) is 6.07 Å². The number of halogens is 3. The molecular formula is C16H15ClF2. The fraction of sp³-hybridized carbons (Fsp3) is 0.250. The third-order valence-corrected chi connectivity index (χ3v) is 3.57. The van der Waals surface area contributed by atoms with Crippen molar-refractivity contribution in [3.8, 4) is 0 Å². The molecule has 19 heavy (non-hydrogen) atoms. The normalized spacial score (nSPS) is 12.4. The average Bonchev–Trinajstić information content (AvgIpc) is 2.40. The number of rotatable bonds is 4. The summed E-state index contributed by atoms with van der Waals surface area (Å²) in [7, 11) is 0. The standard InChI is InChI=1S/C16H15ClF2/c1-11-4-2-5-12(8-11)14(10-17)9-13-6-3-7-15(18)16(13)19/h2-8,14H,9-10H2,1H3. The lowest BCUT2D eigenvalue weighted by atomic mass is 9.92. The minimum absolute atomic E-state index is 0.0159. The summed E-state index contributed by atoms with van der Waals surface area (Å²) in [5, 5.41) is 0. The molecule has 0 nitrogen and oxygen atoms in total. The molecule has 2 rings (SSSR count). The predicted molar refractivity (Wildman–Crippen MR) is 74.7 cm³/mol. The molecule has 0 fully saturated rings. The lowest BCUT2D eigenvalue weighted by Crippen LogP contribution is -2.07. The molecule has 0 aliphatic rings. The number of benzene rings is 2. The van der Waals surface area contributed by atoms with Crippen LogP contribution in [0.2, 0.25) is 0 Å². The Kier molecular flexibility index (Phi) is 4.54. The molecule has 2 aromatic rings. The van der Waals surface area contributed by atoms with Crippen molar-refractivity contribution in [1.29, 1.82) is 0 Å². The molecule has 0 N–H and O–H groups in total. The van der Waals surface area contributed by atoms with Crippen molar-refractivity contribution >= 4 is 11.6 Å². The van der Waals surface area contributed by atoms with Crippen molar-refractivity contribution in [2.24, 2.45) is 0 Å². The SMILES string of the molecule is Cc1cccc(C(CCl)Cc2cccc(F)c2F)c1. The molecule has 0 amide bonds. The number of hydrogen-bond acceptors (Lipinski definition) is 0. The van der Waals surface area contributed by atoms with Gasteiger partial charge in [-0.15, -0.1) is 11.6 Å². The van der Waals surface area contributed by atoms with Crippen LogP contribution in [0.4, 0.5) is 8.78 Å². The van der Waals surface area contributed by atoms with Gasteiger partial charge >= 0.3 is 0 Å². The maximum Gasteiger partial charge on any atom is 0.162 e. The van der Waals surface area contributed by atoms with Gasteiger partial charge in [0.05, 0.1) is 0 Å². The highest BCUT2D eigenvalue weighted by Crippen LogP contribution is 2.25. The van der Waals surface area contributed by atoms with Crippen molar-refractivity contribution in [3.63, 3.8) is 0 Å². The van der Waals surface area contributed by atoms with Gasteiger partial charge in [-0.3, -0.25) is 0 Å². The Labute approximate surface area is 117 Å². The molecule has 0 spiro atoms. The Hall–Kier alpha value is -1.41. The van der Waals surface area contributed by atoms with Crippen molar-refractivity contribution in [3.05, 3.63) is 70.8 Å². The summed E-state index contributed by atoms with van der Waals surface area (Å²) in [6, 6.07) is 12.2. The molecule has 1 unspecified atom stereocenters.